The third-order valence-electron chi connectivity index (χ3n) is 4.24. The first kappa shape index (κ1) is 17.5. The summed E-state index contributed by atoms with van der Waals surface area (Å²) < 4.78 is 54.0. The van der Waals surface area contributed by atoms with E-state index in [1.165, 1.54) is 6.92 Å². The van der Waals surface area contributed by atoms with E-state index in [4.69, 9.17) is 9.47 Å². The fourth-order valence-electron chi connectivity index (χ4n) is 3.08. The number of hydrogen-bond acceptors (Lipinski definition) is 4. The minimum Gasteiger partial charge on any atom is -0.462 e. The van der Waals surface area contributed by atoms with Crippen LogP contribution in [-0.2, 0) is 9.47 Å². The molecule has 1 aromatic carbocycles. The first-order chi connectivity index (χ1) is 12.0. The van der Waals surface area contributed by atoms with Crippen LogP contribution in [0.4, 0.5) is 13.2 Å². The Balaban J connectivity index is 2.38. The Morgan fingerprint density at radius 3 is 2.60 bits per heavy atom. The van der Waals surface area contributed by atoms with Crippen molar-refractivity contribution in [2.75, 3.05) is 19.8 Å². The van der Waals surface area contributed by atoms with Gasteiger partial charge in [0.25, 0.3) is 0 Å². The quantitative estimate of drug-likeness (QED) is 0.627. The van der Waals surface area contributed by atoms with Crippen molar-refractivity contribution >= 4 is 16.9 Å². The molecule has 2 heterocycles. The molecule has 0 N–H and O–H groups in total. The molecule has 0 radical (unpaired) electrons. The minimum absolute atomic E-state index is 0.0847. The van der Waals surface area contributed by atoms with Crippen molar-refractivity contribution in [1.29, 1.82) is 0 Å². The molecular weight excluding hydrogens is 339 g/mol. The molecule has 3 rings (SSSR count). The van der Waals surface area contributed by atoms with E-state index >= 15 is 4.39 Å². The summed E-state index contributed by atoms with van der Waals surface area (Å²) >= 11 is 0. The van der Waals surface area contributed by atoms with Gasteiger partial charge >= 0.3 is 5.97 Å². The molecule has 0 saturated carbocycles. The second kappa shape index (κ2) is 6.87. The number of ether oxygens (including phenoxy) is 2. The highest BCUT2D eigenvalue weighted by Gasteiger charge is 2.30. The van der Waals surface area contributed by atoms with E-state index in [9.17, 15) is 18.4 Å². The Hall–Kier alpha value is -2.35. The van der Waals surface area contributed by atoms with Gasteiger partial charge in [-0.3, -0.25) is 4.79 Å². The smallest absolute Gasteiger partial charge is 0.346 e. The van der Waals surface area contributed by atoms with Gasteiger partial charge in [-0.25, -0.2) is 13.6 Å². The van der Waals surface area contributed by atoms with Crippen LogP contribution in [0, 0.1) is 17.6 Å². The molecule has 0 spiro atoms. The van der Waals surface area contributed by atoms with E-state index in [2.05, 4.69) is 0 Å². The molecule has 0 bridgehead atoms. The molecule has 0 unspecified atom stereocenters. The average molecular weight is 355 g/mol. The molecule has 5 nitrogen and oxygen atoms in total. The maximum atomic E-state index is 15.1. The zero-order valence-electron chi connectivity index (χ0n) is 13.5. The average Bonchev–Trinajstić information content (AvgIpc) is 2.59. The van der Waals surface area contributed by atoms with Gasteiger partial charge in [0.05, 0.1) is 17.5 Å². The van der Waals surface area contributed by atoms with E-state index in [0.717, 1.165) is 16.7 Å². The Morgan fingerprint density at radius 1 is 1.28 bits per heavy atom. The lowest BCUT2D eigenvalue weighted by Gasteiger charge is -2.27. The van der Waals surface area contributed by atoms with Crippen LogP contribution < -0.4 is 5.43 Å². The molecule has 1 aliphatic heterocycles. The molecule has 0 amide bonds. The first-order valence-electron chi connectivity index (χ1n) is 7.94. The second-order valence-electron chi connectivity index (χ2n) is 5.68. The normalized spacial score (nSPS) is 15.5. The summed E-state index contributed by atoms with van der Waals surface area (Å²) in [5, 5.41) is -0.657. The highest BCUT2D eigenvalue weighted by molar-refractivity contribution is 5.94. The number of nitrogens with zero attached hydrogens (tertiary/aromatic N) is 1. The van der Waals surface area contributed by atoms with Crippen molar-refractivity contribution in [3.63, 3.8) is 0 Å². The lowest BCUT2D eigenvalue weighted by molar-refractivity contribution is 0.0511. The summed E-state index contributed by atoms with van der Waals surface area (Å²) in [5.74, 6) is -4.95. The summed E-state index contributed by atoms with van der Waals surface area (Å²) in [6, 6.07) is 1.52. The van der Waals surface area contributed by atoms with Crippen LogP contribution in [0.15, 0.2) is 16.9 Å². The van der Waals surface area contributed by atoms with Gasteiger partial charge in [-0.1, -0.05) is 0 Å². The zero-order valence-corrected chi connectivity index (χ0v) is 13.5. The number of carbonyl (C=O) groups is 1. The molecule has 8 heteroatoms. The Morgan fingerprint density at radius 2 is 1.96 bits per heavy atom. The predicted molar refractivity (Wildman–Crippen MR) is 83.1 cm³/mol. The van der Waals surface area contributed by atoms with Crippen LogP contribution in [0.5, 0.6) is 0 Å². The fourth-order valence-corrected chi connectivity index (χ4v) is 3.08. The van der Waals surface area contributed by atoms with Crippen molar-refractivity contribution < 1.29 is 27.4 Å². The van der Waals surface area contributed by atoms with Crippen LogP contribution in [0.25, 0.3) is 10.9 Å². The summed E-state index contributed by atoms with van der Waals surface area (Å²) in [5.41, 5.74) is -2.22. The number of hydrogen-bond donors (Lipinski definition) is 0. The zero-order chi connectivity index (χ0) is 18.1. The van der Waals surface area contributed by atoms with Gasteiger partial charge < -0.3 is 14.0 Å². The fraction of sp³-hybridized carbons (Fsp3) is 0.412. The van der Waals surface area contributed by atoms with E-state index < -0.39 is 46.0 Å². The Kier molecular flexibility index (Phi) is 4.80. The van der Waals surface area contributed by atoms with Crippen molar-refractivity contribution in [2.24, 2.45) is 0 Å². The predicted octanol–water partition coefficient (Wildman–Crippen LogP) is 2.95. The third-order valence-corrected chi connectivity index (χ3v) is 4.24. The number of benzene rings is 1. The van der Waals surface area contributed by atoms with Gasteiger partial charge in [-0.15, -0.1) is 0 Å². The number of rotatable bonds is 3. The maximum absolute atomic E-state index is 15.1. The molecule has 1 fully saturated rings. The van der Waals surface area contributed by atoms with Crippen molar-refractivity contribution in [1.82, 2.24) is 4.57 Å². The molecule has 0 aliphatic carbocycles. The van der Waals surface area contributed by atoms with Gasteiger partial charge in [-0.05, 0) is 31.9 Å². The first-order valence-corrected chi connectivity index (χ1v) is 7.94. The summed E-state index contributed by atoms with van der Waals surface area (Å²) in [6.45, 7) is 2.12. The molecule has 25 heavy (non-hydrogen) atoms. The van der Waals surface area contributed by atoms with E-state index in [1.54, 1.807) is 0 Å². The maximum Gasteiger partial charge on any atom is 0.346 e. The van der Waals surface area contributed by atoms with Crippen molar-refractivity contribution in [3.05, 3.63) is 45.5 Å². The van der Waals surface area contributed by atoms with Gasteiger partial charge in [0.1, 0.15) is 0 Å². The van der Waals surface area contributed by atoms with Crippen LogP contribution in [-0.4, -0.2) is 30.4 Å². The van der Waals surface area contributed by atoms with E-state index in [0.29, 0.717) is 26.1 Å². The topological polar surface area (TPSA) is 57.5 Å². The highest BCUT2D eigenvalue weighted by atomic mass is 19.2. The number of carbonyl (C=O) groups excluding carboxylic acids is 1. The molecular formula is C17H16F3NO4. The molecule has 134 valence electrons. The van der Waals surface area contributed by atoms with Crippen LogP contribution in [0.2, 0.25) is 0 Å². The Labute approximate surface area is 141 Å². The molecule has 2 aromatic rings. The molecule has 1 aromatic heterocycles. The number of halogens is 3. The number of fused-ring (bicyclic) bond motifs is 1. The summed E-state index contributed by atoms with van der Waals surface area (Å²) in [4.78, 5) is 24.5. The number of esters is 1. The van der Waals surface area contributed by atoms with Gasteiger partial charge in [0, 0.05) is 19.3 Å². The van der Waals surface area contributed by atoms with Gasteiger partial charge in [0.15, 0.2) is 17.2 Å². The monoisotopic (exact) mass is 355 g/mol. The summed E-state index contributed by atoms with van der Waals surface area (Å²) in [7, 11) is 0. The van der Waals surface area contributed by atoms with Crippen LogP contribution >= 0.6 is 0 Å². The molecule has 1 saturated heterocycles. The minimum atomic E-state index is -1.41. The Bertz CT molecular complexity index is 888. The van der Waals surface area contributed by atoms with Crippen molar-refractivity contribution in [3.8, 4) is 0 Å². The molecule has 0 atom stereocenters. The van der Waals surface area contributed by atoms with Crippen LogP contribution in [0.1, 0.15) is 36.2 Å². The second-order valence-corrected chi connectivity index (χ2v) is 5.68. The third kappa shape index (κ3) is 2.90. The van der Waals surface area contributed by atoms with Crippen molar-refractivity contribution in [2.45, 2.75) is 25.8 Å². The standard InChI is InChI=1S/C17H16F3NO4/c1-2-25-17(23)13-15(22)12-11(4-3-10(18)14(12)19)21(16(13)20)9-5-7-24-8-6-9/h3-4,9H,2,5-8H2,1H3. The van der Waals surface area contributed by atoms with Gasteiger partial charge in [0.2, 0.25) is 11.4 Å². The molecule has 1 aliphatic rings. The SMILES string of the molecule is CCOC(=O)c1c(F)n(C2CCOCC2)c2ccc(F)c(F)c2c1=O. The lowest BCUT2D eigenvalue weighted by atomic mass is 10.0. The number of aromatic nitrogens is 1. The van der Waals surface area contributed by atoms with E-state index in [1.807, 2.05) is 0 Å². The largest absolute Gasteiger partial charge is 0.462 e. The summed E-state index contributed by atoms with van der Waals surface area (Å²) in [6.07, 6.45) is 0.826. The highest BCUT2D eigenvalue weighted by Crippen LogP contribution is 2.29. The lowest BCUT2D eigenvalue weighted by Crippen LogP contribution is -2.30. The van der Waals surface area contributed by atoms with E-state index in [-0.39, 0.29) is 12.1 Å². The van der Waals surface area contributed by atoms with Crippen LogP contribution in [0.3, 0.4) is 0 Å². The van der Waals surface area contributed by atoms with Gasteiger partial charge in [-0.2, -0.15) is 4.39 Å². The number of pyridine rings is 1.